The normalized spacial score (nSPS) is 11.0. The van der Waals surface area contributed by atoms with Crippen LogP contribution in [0.2, 0.25) is 0 Å². The molecule has 2 aromatic rings. The Morgan fingerprint density at radius 2 is 1.71 bits per heavy atom. The first-order valence-corrected chi connectivity index (χ1v) is 5.69. The molecule has 0 atom stereocenters. The zero-order valence-corrected chi connectivity index (χ0v) is 10.4. The van der Waals surface area contributed by atoms with Gasteiger partial charge in [0.15, 0.2) is 5.76 Å². The molecule has 2 rings (SSSR count). The molecule has 5 nitrogen and oxygen atoms in total. The highest BCUT2D eigenvalue weighted by Crippen LogP contribution is 2.29. The van der Waals surface area contributed by atoms with Crippen molar-refractivity contribution in [2.45, 2.75) is 6.18 Å². The van der Waals surface area contributed by atoms with E-state index in [2.05, 4.69) is 0 Å². The van der Waals surface area contributed by atoms with Crippen LogP contribution in [0.1, 0.15) is 26.5 Å². The number of halogens is 3. The van der Waals surface area contributed by atoms with Crippen LogP contribution in [0.15, 0.2) is 47.1 Å². The van der Waals surface area contributed by atoms with Crippen molar-refractivity contribution in [1.82, 2.24) is 10.9 Å². The third-order valence-corrected chi connectivity index (χ3v) is 2.49. The second-order valence-electron chi connectivity index (χ2n) is 3.96. The molecule has 0 aliphatic carbocycles. The minimum absolute atomic E-state index is 0.0423. The smallest absolute Gasteiger partial charge is 0.416 e. The molecule has 0 spiro atoms. The summed E-state index contributed by atoms with van der Waals surface area (Å²) >= 11 is 0. The van der Waals surface area contributed by atoms with Crippen molar-refractivity contribution in [2.75, 3.05) is 0 Å². The van der Waals surface area contributed by atoms with Crippen molar-refractivity contribution in [1.29, 1.82) is 0 Å². The van der Waals surface area contributed by atoms with E-state index in [1.165, 1.54) is 24.5 Å². The Bertz CT molecular complexity index is 651. The number of benzene rings is 1. The molecular weight excluding hydrogens is 289 g/mol. The van der Waals surface area contributed by atoms with Crippen molar-refractivity contribution >= 4 is 11.8 Å². The zero-order chi connectivity index (χ0) is 15.5. The number of carbonyl (C=O) groups is 2. The zero-order valence-electron chi connectivity index (χ0n) is 10.4. The average molecular weight is 298 g/mol. The molecule has 2 amide bonds. The molecule has 0 unspecified atom stereocenters. The first-order chi connectivity index (χ1) is 9.88. The third kappa shape index (κ3) is 3.62. The van der Waals surface area contributed by atoms with Gasteiger partial charge in [-0.2, -0.15) is 13.2 Å². The maximum absolute atomic E-state index is 12.5. The number of hydrogen-bond acceptors (Lipinski definition) is 3. The summed E-state index contributed by atoms with van der Waals surface area (Å²) in [4.78, 5) is 23.1. The summed E-state index contributed by atoms with van der Waals surface area (Å²) in [6.07, 6.45) is -3.28. The number of nitrogens with one attached hydrogen (secondary N) is 2. The first-order valence-electron chi connectivity index (χ1n) is 5.69. The van der Waals surface area contributed by atoms with Crippen LogP contribution in [0.25, 0.3) is 0 Å². The van der Waals surface area contributed by atoms with Crippen LogP contribution in [0.4, 0.5) is 13.2 Å². The van der Waals surface area contributed by atoms with Crippen LogP contribution in [0, 0.1) is 0 Å². The highest BCUT2D eigenvalue weighted by Gasteiger charge is 2.30. The highest BCUT2D eigenvalue weighted by molar-refractivity contribution is 5.98. The fourth-order valence-corrected chi connectivity index (χ4v) is 1.49. The summed E-state index contributed by atoms with van der Waals surface area (Å²) in [6, 6.07) is 6.68. The van der Waals surface area contributed by atoms with Crippen LogP contribution >= 0.6 is 0 Å². The van der Waals surface area contributed by atoms with Gasteiger partial charge in [-0.3, -0.25) is 20.4 Å². The van der Waals surface area contributed by atoms with Gasteiger partial charge >= 0.3 is 12.1 Å². The van der Waals surface area contributed by atoms with Crippen LogP contribution in [-0.4, -0.2) is 11.8 Å². The molecular formula is C13H9F3N2O3. The number of hydrogen-bond donors (Lipinski definition) is 2. The van der Waals surface area contributed by atoms with E-state index in [1.807, 2.05) is 10.9 Å². The summed E-state index contributed by atoms with van der Waals surface area (Å²) in [5.74, 6) is -1.64. The summed E-state index contributed by atoms with van der Waals surface area (Å²) in [7, 11) is 0. The molecule has 0 fully saturated rings. The van der Waals surface area contributed by atoms with Crippen LogP contribution < -0.4 is 10.9 Å². The van der Waals surface area contributed by atoms with Gasteiger partial charge in [0.05, 0.1) is 11.8 Å². The van der Waals surface area contributed by atoms with Gasteiger partial charge in [0.1, 0.15) is 0 Å². The number of alkyl halides is 3. The lowest BCUT2D eigenvalue weighted by atomic mass is 10.1. The molecule has 110 valence electrons. The molecule has 0 saturated heterocycles. The van der Waals surface area contributed by atoms with Crippen molar-refractivity contribution in [2.24, 2.45) is 0 Å². The molecule has 0 radical (unpaired) electrons. The van der Waals surface area contributed by atoms with Gasteiger partial charge in [-0.15, -0.1) is 0 Å². The fourth-order valence-electron chi connectivity index (χ4n) is 1.49. The predicted molar refractivity (Wildman–Crippen MR) is 65.1 cm³/mol. The Kier molecular flexibility index (Phi) is 3.97. The van der Waals surface area contributed by atoms with Crippen LogP contribution in [-0.2, 0) is 6.18 Å². The topological polar surface area (TPSA) is 71.3 Å². The molecule has 0 saturated carbocycles. The first kappa shape index (κ1) is 14.6. The van der Waals surface area contributed by atoms with Gasteiger partial charge in [-0.25, -0.2) is 0 Å². The van der Waals surface area contributed by atoms with E-state index < -0.39 is 23.6 Å². The van der Waals surface area contributed by atoms with Crippen molar-refractivity contribution in [3.05, 3.63) is 59.5 Å². The lowest BCUT2D eigenvalue weighted by molar-refractivity contribution is -0.137. The summed E-state index contributed by atoms with van der Waals surface area (Å²) < 4.78 is 42.3. The standard InChI is InChI=1S/C13H9F3N2O3/c14-13(15,16)9-4-1-3-8(7-9)11(19)17-18-12(20)10-5-2-6-21-10/h1-7H,(H,17,19)(H,18,20). The van der Waals surface area contributed by atoms with E-state index in [-0.39, 0.29) is 11.3 Å². The van der Waals surface area contributed by atoms with E-state index in [1.54, 1.807) is 0 Å². The second kappa shape index (κ2) is 5.70. The fraction of sp³-hybridized carbons (Fsp3) is 0.0769. The van der Waals surface area contributed by atoms with Crippen LogP contribution in [0.5, 0.6) is 0 Å². The van der Waals surface area contributed by atoms with E-state index in [0.29, 0.717) is 6.07 Å². The number of furan rings is 1. The number of amides is 2. The largest absolute Gasteiger partial charge is 0.459 e. The minimum atomic E-state index is -4.55. The molecule has 0 aliphatic rings. The van der Waals surface area contributed by atoms with Crippen molar-refractivity contribution in [3.63, 3.8) is 0 Å². The molecule has 1 aromatic carbocycles. The lowest BCUT2D eigenvalue weighted by Gasteiger charge is -2.09. The Balaban J connectivity index is 2.02. The quantitative estimate of drug-likeness (QED) is 0.836. The van der Waals surface area contributed by atoms with Gasteiger partial charge in [0.2, 0.25) is 0 Å². The Hall–Kier alpha value is -2.77. The SMILES string of the molecule is O=C(NNC(=O)c1ccco1)c1cccc(C(F)(F)F)c1. The van der Waals surface area contributed by atoms with Gasteiger partial charge in [-0.05, 0) is 30.3 Å². The average Bonchev–Trinajstić information content (AvgIpc) is 2.98. The van der Waals surface area contributed by atoms with E-state index in [9.17, 15) is 22.8 Å². The predicted octanol–water partition coefficient (Wildman–Crippen LogP) is 2.37. The van der Waals surface area contributed by atoms with Gasteiger partial charge in [-0.1, -0.05) is 6.07 Å². The van der Waals surface area contributed by atoms with Crippen LogP contribution in [0.3, 0.4) is 0 Å². The molecule has 2 N–H and O–H groups in total. The molecule has 1 heterocycles. The van der Waals surface area contributed by atoms with E-state index >= 15 is 0 Å². The van der Waals surface area contributed by atoms with Crippen molar-refractivity contribution < 1.29 is 27.2 Å². The maximum Gasteiger partial charge on any atom is 0.416 e. The Morgan fingerprint density at radius 1 is 1.00 bits per heavy atom. The van der Waals surface area contributed by atoms with E-state index in [4.69, 9.17) is 4.42 Å². The summed E-state index contributed by atoms with van der Waals surface area (Å²) in [5, 5.41) is 0. The van der Waals surface area contributed by atoms with Crippen molar-refractivity contribution in [3.8, 4) is 0 Å². The number of carbonyl (C=O) groups excluding carboxylic acids is 2. The Morgan fingerprint density at radius 3 is 2.33 bits per heavy atom. The molecule has 0 aliphatic heterocycles. The highest BCUT2D eigenvalue weighted by atomic mass is 19.4. The summed E-state index contributed by atoms with van der Waals surface area (Å²) in [5.41, 5.74) is 2.84. The second-order valence-corrected chi connectivity index (χ2v) is 3.96. The van der Waals surface area contributed by atoms with E-state index in [0.717, 1.165) is 12.1 Å². The maximum atomic E-state index is 12.5. The molecule has 0 bridgehead atoms. The van der Waals surface area contributed by atoms with Gasteiger partial charge in [0.25, 0.3) is 5.91 Å². The van der Waals surface area contributed by atoms with Gasteiger partial charge < -0.3 is 4.42 Å². The number of rotatable bonds is 2. The monoisotopic (exact) mass is 298 g/mol. The summed E-state index contributed by atoms with van der Waals surface area (Å²) in [6.45, 7) is 0. The lowest BCUT2D eigenvalue weighted by Crippen LogP contribution is -2.41. The molecule has 1 aromatic heterocycles. The molecule has 21 heavy (non-hydrogen) atoms. The Labute approximate surface area is 116 Å². The van der Waals surface area contributed by atoms with Gasteiger partial charge in [0, 0.05) is 5.56 Å². The molecule has 8 heteroatoms. The number of hydrazine groups is 1. The minimum Gasteiger partial charge on any atom is -0.459 e. The third-order valence-electron chi connectivity index (χ3n) is 2.49.